The smallest absolute Gasteiger partial charge is 0.269 e. The van der Waals surface area contributed by atoms with Crippen molar-refractivity contribution in [1.29, 1.82) is 0 Å². The van der Waals surface area contributed by atoms with Gasteiger partial charge in [-0.1, -0.05) is 12.1 Å². The Balaban J connectivity index is 0.00000267. The first kappa shape index (κ1) is 23.9. The number of non-ortho nitro benzene ring substituents is 1. The molecule has 0 amide bonds. The van der Waals surface area contributed by atoms with Crippen molar-refractivity contribution in [1.82, 2.24) is 0 Å². The normalized spacial score (nSPS) is 12.9. The monoisotopic (exact) mass is 550 g/mol. The van der Waals surface area contributed by atoms with Crippen LogP contribution in [0.4, 0.5) is 5.69 Å². The topological polar surface area (TPSA) is 83.9 Å². The van der Waals surface area contributed by atoms with Crippen molar-refractivity contribution in [3.8, 4) is 34.3 Å². The highest BCUT2D eigenvalue weighted by molar-refractivity contribution is 5.95. The lowest BCUT2D eigenvalue weighted by molar-refractivity contribution is -0.686. The van der Waals surface area contributed by atoms with Gasteiger partial charge in [0.15, 0.2) is 35.7 Å². The van der Waals surface area contributed by atoms with E-state index in [0.717, 1.165) is 57.6 Å². The van der Waals surface area contributed by atoms with Crippen LogP contribution in [-0.2, 0) is 19.4 Å². The molecule has 184 valence electrons. The Kier molecular flexibility index (Phi) is 6.17. The molecule has 0 atom stereocenters. The third-order valence-electron chi connectivity index (χ3n) is 6.74. The van der Waals surface area contributed by atoms with Crippen molar-refractivity contribution in [3.63, 3.8) is 0 Å². The molecule has 0 saturated heterocycles. The Labute approximate surface area is 217 Å². The molecule has 3 heterocycles. The number of nitro groups is 1. The van der Waals surface area contributed by atoms with E-state index in [2.05, 4.69) is 16.8 Å². The number of halogens is 1. The highest BCUT2D eigenvalue weighted by Gasteiger charge is 2.32. The summed E-state index contributed by atoms with van der Waals surface area (Å²) in [5, 5.41) is 13.4. The van der Waals surface area contributed by atoms with E-state index in [-0.39, 0.29) is 34.4 Å². The Hall–Kier alpha value is -3.85. The fourth-order valence-electron chi connectivity index (χ4n) is 5.17. The molecule has 1 aromatic heterocycles. The first-order chi connectivity index (χ1) is 17.1. The molecular formula is C27H23BrN2O6. The molecule has 6 rings (SSSR count). The minimum Gasteiger partial charge on any atom is -1.00 e. The van der Waals surface area contributed by atoms with Crippen molar-refractivity contribution >= 4 is 16.5 Å². The lowest BCUT2D eigenvalue weighted by atomic mass is 9.88. The van der Waals surface area contributed by atoms with Crippen LogP contribution in [0, 0.1) is 10.1 Å². The zero-order valence-corrected chi connectivity index (χ0v) is 21.3. The molecule has 36 heavy (non-hydrogen) atoms. The van der Waals surface area contributed by atoms with Crippen LogP contribution in [0.25, 0.3) is 22.0 Å². The lowest BCUT2D eigenvalue weighted by Gasteiger charge is -2.21. The molecular weight excluding hydrogens is 528 g/mol. The van der Waals surface area contributed by atoms with E-state index >= 15 is 0 Å². The average molecular weight is 551 g/mol. The molecule has 0 radical (unpaired) electrons. The molecule has 0 bridgehead atoms. The van der Waals surface area contributed by atoms with Crippen molar-refractivity contribution in [2.75, 3.05) is 21.0 Å². The summed E-state index contributed by atoms with van der Waals surface area (Å²) < 4.78 is 24.9. The summed E-state index contributed by atoms with van der Waals surface area (Å²) >= 11 is 0. The second kappa shape index (κ2) is 9.31. The van der Waals surface area contributed by atoms with Crippen LogP contribution in [0.1, 0.15) is 16.7 Å². The van der Waals surface area contributed by atoms with Gasteiger partial charge < -0.3 is 35.9 Å². The number of aromatic nitrogens is 1. The lowest BCUT2D eigenvalue weighted by Crippen LogP contribution is -3.00. The number of pyridine rings is 1. The molecule has 9 heteroatoms. The second-order valence-corrected chi connectivity index (χ2v) is 8.63. The number of hydrogen-bond acceptors (Lipinski definition) is 6. The number of fused-ring (bicyclic) bond motifs is 5. The molecule has 0 unspecified atom stereocenters. The third-order valence-corrected chi connectivity index (χ3v) is 6.74. The van der Waals surface area contributed by atoms with Crippen LogP contribution in [0.15, 0.2) is 54.7 Å². The van der Waals surface area contributed by atoms with Gasteiger partial charge in [-0.2, -0.15) is 4.57 Å². The Morgan fingerprint density at radius 1 is 1.03 bits per heavy atom. The maximum atomic E-state index is 11.4. The molecule has 4 aromatic rings. The summed E-state index contributed by atoms with van der Waals surface area (Å²) in [6.07, 6.45) is 3.46. The number of aryl methyl sites for hydroxylation is 2. The van der Waals surface area contributed by atoms with Gasteiger partial charge >= 0.3 is 0 Å². The second-order valence-electron chi connectivity index (χ2n) is 8.63. The molecule has 2 aliphatic rings. The van der Waals surface area contributed by atoms with Crippen molar-refractivity contribution < 1.29 is 45.4 Å². The van der Waals surface area contributed by atoms with Gasteiger partial charge in [0.25, 0.3) is 5.69 Å². The standard InChI is InChI=1S/C27H23N2O6.BrH/c1-32-23-7-6-19-21(11-16-4-3-5-18(10-16)29(30)31)26-20-13-25-24(34-15-35-25)12-17(20)8-9-28(26)14-22(19)27(23)33-2;/h3-7,10,12-14H,8-9,11,15H2,1-2H3;1H/q+1;/p-1. The first-order valence-corrected chi connectivity index (χ1v) is 11.3. The minimum absolute atomic E-state index is 0. The average Bonchev–Trinajstić information content (AvgIpc) is 3.33. The summed E-state index contributed by atoms with van der Waals surface area (Å²) in [7, 11) is 3.26. The molecule has 0 aliphatic carbocycles. The molecule has 0 spiro atoms. The Morgan fingerprint density at radius 3 is 2.58 bits per heavy atom. The summed E-state index contributed by atoms with van der Waals surface area (Å²) in [6.45, 7) is 0.994. The molecule has 0 saturated carbocycles. The Bertz CT molecular complexity index is 1520. The van der Waals surface area contributed by atoms with E-state index in [1.54, 1.807) is 26.4 Å². The highest BCUT2D eigenvalue weighted by atomic mass is 79.9. The van der Waals surface area contributed by atoms with Gasteiger partial charge in [0.2, 0.25) is 12.5 Å². The van der Waals surface area contributed by atoms with Crippen LogP contribution in [-0.4, -0.2) is 25.9 Å². The number of hydrogen-bond donors (Lipinski definition) is 0. The fraction of sp³-hybridized carbons (Fsp3) is 0.222. The largest absolute Gasteiger partial charge is 1.00 e. The number of benzene rings is 3. The van der Waals surface area contributed by atoms with Gasteiger partial charge in [0, 0.05) is 35.9 Å². The maximum Gasteiger partial charge on any atom is 0.269 e. The number of rotatable bonds is 5. The molecule has 8 nitrogen and oxygen atoms in total. The highest BCUT2D eigenvalue weighted by Crippen LogP contribution is 2.44. The zero-order valence-electron chi connectivity index (χ0n) is 19.7. The van der Waals surface area contributed by atoms with Crippen LogP contribution < -0.4 is 40.5 Å². The van der Waals surface area contributed by atoms with Crippen LogP contribution >= 0.6 is 0 Å². The third kappa shape index (κ3) is 3.80. The Morgan fingerprint density at radius 2 is 1.83 bits per heavy atom. The maximum absolute atomic E-state index is 11.4. The predicted octanol–water partition coefficient (Wildman–Crippen LogP) is 1.60. The van der Waals surface area contributed by atoms with Gasteiger partial charge in [-0.05, 0) is 35.4 Å². The van der Waals surface area contributed by atoms with Gasteiger partial charge in [0.05, 0.1) is 30.1 Å². The molecule has 0 fully saturated rings. The molecule has 3 aromatic carbocycles. The van der Waals surface area contributed by atoms with Crippen LogP contribution in [0.3, 0.4) is 0 Å². The summed E-state index contributed by atoms with van der Waals surface area (Å²) in [5.41, 5.74) is 5.33. The number of nitro benzene ring substituents is 1. The zero-order chi connectivity index (χ0) is 24.1. The van der Waals surface area contributed by atoms with Crippen LogP contribution in [0.2, 0.25) is 0 Å². The predicted molar refractivity (Wildman–Crippen MR) is 128 cm³/mol. The molecule has 0 N–H and O–H groups in total. The SMILES string of the molecule is COc1ccc2c(Cc3cccc([N+](=O)[O-])c3)c3[n+](cc2c1OC)CCc1cc2c(cc1-3)OCO2.[Br-]. The van der Waals surface area contributed by atoms with Crippen molar-refractivity contribution in [3.05, 3.63) is 81.5 Å². The first-order valence-electron chi connectivity index (χ1n) is 11.3. The van der Waals surface area contributed by atoms with E-state index in [9.17, 15) is 10.1 Å². The summed E-state index contributed by atoms with van der Waals surface area (Å²) in [5.74, 6) is 2.81. The van der Waals surface area contributed by atoms with E-state index in [4.69, 9.17) is 18.9 Å². The summed E-state index contributed by atoms with van der Waals surface area (Å²) in [4.78, 5) is 11.1. The van der Waals surface area contributed by atoms with E-state index in [1.165, 1.54) is 11.6 Å². The van der Waals surface area contributed by atoms with E-state index in [1.807, 2.05) is 24.3 Å². The van der Waals surface area contributed by atoms with Crippen LogP contribution in [0.5, 0.6) is 23.0 Å². The van der Waals surface area contributed by atoms with E-state index in [0.29, 0.717) is 17.9 Å². The van der Waals surface area contributed by atoms with Crippen molar-refractivity contribution in [2.45, 2.75) is 19.4 Å². The minimum atomic E-state index is -0.360. The van der Waals surface area contributed by atoms with Gasteiger partial charge in [-0.15, -0.1) is 0 Å². The fourth-order valence-corrected chi connectivity index (χ4v) is 5.17. The number of methoxy groups -OCH3 is 2. The number of nitrogens with zero attached hydrogens (tertiary/aromatic N) is 2. The van der Waals surface area contributed by atoms with Gasteiger partial charge in [-0.3, -0.25) is 10.1 Å². The van der Waals surface area contributed by atoms with Gasteiger partial charge in [-0.25, -0.2) is 0 Å². The van der Waals surface area contributed by atoms with E-state index < -0.39 is 0 Å². The number of ether oxygens (including phenoxy) is 4. The molecule has 2 aliphatic heterocycles. The van der Waals surface area contributed by atoms with Gasteiger partial charge in [0.1, 0.15) is 0 Å². The quantitative estimate of drug-likeness (QED) is 0.213. The summed E-state index contributed by atoms with van der Waals surface area (Å²) in [6, 6.07) is 14.9. The van der Waals surface area contributed by atoms with Crippen molar-refractivity contribution in [2.24, 2.45) is 0 Å².